The molecule has 80 valence electrons. The molecular formula is C8H11BrClNO2S. The van der Waals surface area contributed by atoms with E-state index >= 15 is 0 Å². The Morgan fingerprint density at radius 2 is 2.29 bits per heavy atom. The fourth-order valence-electron chi connectivity index (χ4n) is 1.06. The molecule has 0 saturated heterocycles. The highest BCUT2D eigenvalue weighted by Crippen LogP contribution is 2.29. The van der Waals surface area contributed by atoms with Crippen molar-refractivity contribution in [2.45, 2.75) is 12.3 Å². The molecule has 0 aliphatic carbocycles. The first kappa shape index (κ1) is 13.9. The molecular weight excluding hydrogens is 290 g/mol. The zero-order chi connectivity index (χ0) is 9.84. The van der Waals surface area contributed by atoms with Gasteiger partial charge in [-0.3, -0.25) is 4.79 Å². The third-order valence-corrected chi connectivity index (χ3v) is 3.49. The van der Waals surface area contributed by atoms with Gasteiger partial charge in [0.25, 0.3) is 0 Å². The molecule has 0 spiro atoms. The average Bonchev–Trinajstić information content (AvgIpc) is 2.47. The number of nitrogens with two attached hydrogens (primary N) is 1. The maximum absolute atomic E-state index is 10.5. The average molecular weight is 301 g/mol. The lowest BCUT2D eigenvalue weighted by atomic mass is 10.0. The van der Waals surface area contributed by atoms with E-state index in [9.17, 15) is 4.79 Å². The predicted molar refractivity (Wildman–Crippen MR) is 63.3 cm³/mol. The number of hydrogen-bond donors (Lipinski definition) is 2. The van der Waals surface area contributed by atoms with Crippen molar-refractivity contribution in [2.24, 2.45) is 5.73 Å². The highest BCUT2D eigenvalue weighted by Gasteiger charge is 2.15. The lowest BCUT2D eigenvalue weighted by molar-refractivity contribution is -0.137. The first-order valence-corrected chi connectivity index (χ1v) is 5.41. The molecule has 1 unspecified atom stereocenters. The second-order valence-corrected chi connectivity index (χ2v) is 5.17. The molecule has 0 radical (unpaired) electrons. The van der Waals surface area contributed by atoms with Gasteiger partial charge in [0.2, 0.25) is 0 Å². The fourth-order valence-corrected chi connectivity index (χ4v) is 2.60. The molecule has 1 aromatic heterocycles. The van der Waals surface area contributed by atoms with Crippen molar-refractivity contribution in [3.8, 4) is 0 Å². The van der Waals surface area contributed by atoms with E-state index in [2.05, 4.69) is 15.9 Å². The quantitative estimate of drug-likeness (QED) is 0.898. The van der Waals surface area contributed by atoms with Gasteiger partial charge in [-0.05, 0) is 28.1 Å². The molecule has 3 nitrogen and oxygen atoms in total. The largest absolute Gasteiger partial charge is 0.481 e. The first-order chi connectivity index (χ1) is 6.13. The minimum absolute atomic E-state index is 0. The SMILES string of the molecule is Cl.NCC(CC(=O)O)c1ccc(Br)s1. The summed E-state index contributed by atoms with van der Waals surface area (Å²) in [5, 5.41) is 8.62. The van der Waals surface area contributed by atoms with Crippen molar-refractivity contribution in [1.29, 1.82) is 0 Å². The van der Waals surface area contributed by atoms with Crippen molar-refractivity contribution < 1.29 is 9.90 Å². The van der Waals surface area contributed by atoms with Crippen molar-refractivity contribution in [3.05, 3.63) is 20.8 Å². The molecule has 14 heavy (non-hydrogen) atoms. The number of halogens is 2. The summed E-state index contributed by atoms with van der Waals surface area (Å²) in [7, 11) is 0. The van der Waals surface area contributed by atoms with Gasteiger partial charge in [-0.25, -0.2) is 0 Å². The number of rotatable bonds is 4. The van der Waals surface area contributed by atoms with Crippen molar-refractivity contribution in [1.82, 2.24) is 0 Å². The molecule has 0 aromatic carbocycles. The van der Waals surface area contributed by atoms with Gasteiger partial charge < -0.3 is 10.8 Å². The van der Waals surface area contributed by atoms with E-state index in [4.69, 9.17) is 10.8 Å². The van der Waals surface area contributed by atoms with Gasteiger partial charge in [0.1, 0.15) is 0 Å². The summed E-state index contributed by atoms with van der Waals surface area (Å²) in [6, 6.07) is 3.82. The summed E-state index contributed by atoms with van der Waals surface area (Å²) in [6.45, 7) is 0.374. The van der Waals surface area contributed by atoms with E-state index in [1.807, 2.05) is 12.1 Å². The van der Waals surface area contributed by atoms with Crippen LogP contribution in [0.1, 0.15) is 17.2 Å². The summed E-state index contributed by atoms with van der Waals surface area (Å²) in [5.74, 6) is -0.867. The summed E-state index contributed by atoms with van der Waals surface area (Å²) >= 11 is 4.86. The number of hydrogen-bond acceptors (Lipinski definition) is 3. The summed E-state index contributed by atoms with van der Waals surface area (Å²) in [4.78, 5) is 11.5. The third-order valence-electron chi connectivity index (χ3n) is 1.70. The minimum atomic E-state index is -0.806. The molecule has 0 bridgehead atoms. The van der Waals surface area contributed by atoms with E-state index in [1.54, 1.807) is 0 Å². The van der Waals surface area contributed by atoms with E-state index in [-0.39, 0.29) is 24.7 Å². The summed E-state index contributed by atoms with van der Waals surface area (Å²) < 4.78 is 1.01. The Labute approximate surface area is 101 Å². The number of thiophene rings is 1. The van der Waals surface area contributed by atoms with Crippen LogP contribution in [0.15, 0.2) is 15.9 Å². The summed E-state index contributed by atoms with van der Waals surface area (Å²) in [5.41, 5.74) is 5.49. The van der Waals surface area contributed by atoms with Gasteiger partial charge >= 0.3 is 5.97 Å². The Kier molecular flexibility index (Phi) is 6.35. The van der Waals surface area contributed by atoms with E-state index in [0.29, 0.717) is 6.54 Å². The third kappa shape index (κ3) is 3.96. The lowest BCUT2D eigenvalue weighted by Crippen LogP contribution is -2.15. The number of carboxylic acids is 1. The van der Waals surface area contributed by atoms with Crippen LogP contribution in [0.2, 0.25) is 0 Å². The van der Waals surface area contributed by atoms with Gasteiger partial charge in [0.15, 0.2) is 0 Å². The molecule has 1 rings (SSSR count). The first-order valence-electron chi connectivity index (χ1n) is 3.80. The second-order valence-electron chi connectivity index (χ2n) is 2.67. The normalized spacial score (nSPS) is 11.9. The number of carbonyl (C=O) groups is 1. The van der Waals surface area contributed by atoms with Crippen LogP contribution in [-0.2, 0) is 4.79 Å². The topological polar surface area (TPSA) is 63.3 Å². The minimum Gasteiger partial charge on any atom is -0.481 e. The van der Waals surface area contributed by atoms with Crippen LogP contribution < -0.4 is 5.73 Å². The van der Waals surface area contributed by atoms with Gasteiger partial charge in [-0.1, -0.05) is 0 Å². The van der Waals surface area contributed by atoms with E-state index < -0.39 is 5.97 Å². The van der Waals surface area contributed by atoms with E-state index in [0.717, 1.165) is 8.66 Å². The molecule has 0 aliphatic heterocycles. The molecule has 3 N–H and O–H groups in total. The second kappa shape index (κ2) is 6.40. The molecule has 0 fully saturated rings. The van der Waals surface area contributed by atoms with E-state index in [1.165, 1.54) is 11.3 Å². The zero-order valence-electron chi connectivity index (χ0n) is 7.27. The highest BCUT2D eigenvalue weighted by atomic mass is 79.9. The Balaban J connectivity index is 0.00000169. The zero-order valence-corrected chi connectivity index (χ0v) is 10.5. The Morgan fingerprint density at radius 3 is 2.64 bits per heavy atom. The maximum atomic E-state index is 10.5. The lowest BCUT2D eigenvalue weighted by Gasteiger charge is -2.08. The van der Waals surface area contributed by atoms with Crippen LogP contribution in [0.4, 0.5) is 0 Å². The molecule has 6 heteroatoms. The predicted octanol–water partition coefficient (Wildman–Crippen LogP) is 2.45. The van der Waals surface area contributed by atoms with Crippen LogP contribution in [-0.4, -0.2) is 17.6 Å². The molecule has 1 aromatic rings. The molecule has 0 aliphatic rings. The molecule has 0 amide bonds. The molecule has 1 heterocycles. The standard InChI is InChI=1S/C8H10BrNO2S.ClH/c9-7-2-1-6(13-7)5(4-10)3-8(11)12;/h1-2,5H,3-4,10H2,(H,11,12);1H. The molecule has 1 atom stereocenters. The van der Waals surface area contributed by atoms with Crippen LogP contribution in [0.5, 0.6) is 0 Å². The fraction of sp³-hybridized carbons (Fsp3) is 0.375. The Hall–Kier alpha value is -0.100. The van der Waals surface area contributed by atoms with Crippen molar-refractivity contribution >= 4 is 45.6 Å². The van der Waals surface area contributed by atoms with Gasteiger partial charge in [0.05, 0.1) is 10.2 Å². The maximum Gasteiger partial charge on any atom is 0.304 e. The van der Waals surface area contributed by atoms with Crippen LogP contribution in [0.3, 0.4) is 0 Å². The van der Waals surface area contributed by atoms with Crippen LogP contribution in [0.25, 0.3) is 0 Å². The molecule has 0 saturated carbocycles. The monoisotopic (exact) mass is 299 g/mol. The Morgan fingerprint density at radius 1 is 1.64 bits per heavy atom. The van der Waals surface area contributed by atoms with Gasteiger partial charge in [-0.2, -0.15) is 0 Å². The highest BCUT2D eigenvalue weighted by molar-refractivity contribution is 9.11. The number of aliphatic carboxylic acids is 1. The smallest absolute Gasteiger partial charge is 0.304 e. The van der Waals surface area contributed by atoms with Gasteiger partial charge in [0, 0.05) is 17.3 Å². The number of carboxylic acid groups (broad SMARTS) is 1. The van der Waals surface area contributed by atoms with Crippen molar-refractivity contribution in [3.63, 3.8) is 0 Å². The van der Waals surface area contributed by atoms with Gasteiger partial charge in [-0.15, -0.1) is 23.7 Å². The Bertz CT molecular complexity index is 305. The van der Waals surface area contributed by atoms with Crippen LogP contribution in [0, 0.1) is 0 Å². The van der Waals surface area contributed by atoms with Crippen LogP contribution >= 0.6 is 39.7 Å². The van der Waals surface area contributed by atoms with Crippen molar-refractivity contribution in [2.75, 3.05) is 6.54 Å². The summed E-state index contributed by atoms with van der Waals surface area (Å²) in [6.07, 6.45) is 0.101.